The van der Waals surface area contributed by atoms with Gasteiger partial charge in [-0.3, -0.25) is 19.7 Å². The zero-order valence-electron chi connectivity index (χ0n) is 15.7. The van der Waals surface area contributed by atoms with Gasteiger partial charge in [-0.25, -0.2) is 4.79 Å². The molecule has 1 heterocycles. The van der Waals surface area contributed by atoms with Gasteiger partial charge in [-0.2, -0.15) is 0 Å². The smallest absolute Gasteiger partial charge is 0.338 e. The molecule has 1 fully saturated rings. The first-order chi connectivity index (χ1) is 13.4. The minimum absolute atomic E-state index is 0.0102. The van der Waals surface area contributed by atoms with Crippen LogP contribution in [0.5, 0.6) is 0 Å². The molecule has 1 aliphatic rings. The summed E-state index contributed by atoms with van der Waals surface area (Å²) >= 11 is 0. The highest BCUT2D eigenvalue weighted by Gasteiger charge is 2.23. The van der Waals surface area contributed by atoms with Crippen LogP contribution in [0.1, 0.15) is 36.5 Å². The Kier molecular flexibility index (Phi) is 7.73. The largest absolute Gasteiger partial charge is 0.452 e. The highest BCUT2D eigenvalue weighted by Crippen LogP contribution is 2.31. The van der Waals surface area contributed by atoms with Crippen LogP contribution in [0.15, 0.2) is 18.2 Å². The van der Waals surface area contributed by atoms with Crippen LogP contribution in [0.3, 0.4) is 0 Å². The van der Waals surface area contributed by atoms with E-state index in [-0.39, 0.29) is 23.7 Å². The van der Waals surface area contributed by atoms with Crippen molar-refractivity contribution in [2.45, 2.75) is 26.2 Å². The standard InChI is InChI=1S/C18H24N4O6/c1-2-19-16(23)11-20-17(24)12-28-18(25)13-6-7-14(15(10-13)22(26)27)21-8-4-3-5-9-21/h6-7,10H,2-5,8-9,11-12H2,1H3,(H,19,23)(H,20,24). The molecule has 0 aromatic heterocycles. The lowest BCUT2D eigenvalue weighted by Crippen LogP contribution is -2.38. The van der Waals surface area contributed by atoms with Gasteiger partial charge in [0.15, 0.2) is 6.61 Å². The molecule has 2 amide bonds. The molecule has 2 rings (SSSR count). The van der Waals surface area contributed by atoms with Crippen molar-refractivity contribution in [2.24, 2.45) is 0 Å². The molecular weight excluding hydrogens is 368 g/mol. The zero-order valence-corrected chi connectivity index (χ0v) is 15.7. The number of rotatable bonds is 8. The molecular formula is C18H24N4O6. The van der Waals surface area contributed by atoms with E-state index >= 15 is 0 Å². The Labute approximate surface area is 162 Å². The molecule has 2 N–H and O–H groups in total. The molecule has 1 saturated heterocycles. The zero-order chi connectivity index (χ0) is 20.5. The van der Waals surface area contributed by atoms with Gasteiger partial charge >= 0.3 is 5.97 Å². The number of amides is 2. The Bertz CT molecular complexity index is 746. The molecule has 1 aromatic carbocycles. The molecule has 0 saturated carbocycles. The number of carbonyl (C=O) groups excluding carboxylic acids is 3. The van der Waals surface area contributed by atoms with Crippen LogP contribution in [0.25, 0.3) is 0 Å². The molecule has 10 nitrogen and oxygen atoms in total. The van der Waals surface area contributed by atoms with E-state index in [0.29, 0.717) is 12.2 Å². The minimum Gasteiger partial charge on any atom is -0.452 e. The lowest BCUT2D eigenvalue weighted by molar-refractivity contribution is -0.384. The summed E-state index contributed by atoms with van der Waals surface area (Å²) in [5.41, 5.74) is 0.293. The Morgan fingerprint density at radius 3 is 2.50 bits per heavy atom. The number of nitro benzene ring substituents is 1. The third kappa shape index (κ3) is 5.93. The van der Waals surface area contributed by atoms with E-state index in [9.17, 15) is 24.5 Å². The van der Waals surface area contributed by atoms with Crippen LogP contribution in [-0.2, 0) is 14.3 Å². The monoisotopic (exact) mass is 392 g/mol. The van der Waals surface area contributed by atoms with Crippen LogP contribution in [-0.4, -0.2) is 55.5 Å². The van der Waals surface area contributed by atoms with Crippen LogP contribution in [0, 0.1) is 10.1 Å². The SMILES string of the molecule is CCNC(=O)CNC(=O)COC(=O)c1ccc(N2CCCCC2)c([N+](=O)[O-])c1. The summed E-state index contributed by atoms with van der Waals surface area (Å²) < 4.78 is 4.88. The average molecular weight is 392 g/mol. The van der Waals surface area contributed by atoms with Gasteiger partial charge in [0.1, 0.15) is 5.69 Å². The van der Waals surface area contributed by atoms with Crippen molar-refractivity contribution in [3.63, 3.8) is 0 Å². The number of piperidine rings is 1. The van der Waals surface area contributed by atoms with Gasteiger partial charge < -0.3 is 20.3 Å². The van der Waals surface area contributed by atoms with E-state index in [1.165, 1.54) is 18.2 Å². The third-order valence-electron chi connectivity index (χ3n) is 4.26. The van der Waals surface area contributed by atoms with E-state index in [2.05, 4.69) is 10.6 Å². The second kappa shape index (κ2) is 10.2. The van der Waals surface area contributed by atoms with E-state index in [4.69, 9.17) is 4.74 Å². The van der Waals surface area contributed by atoms with Crippen molar-refractivity contribution in [3.8, 4) is 0 Å². The second-order valence-corrected chi connectivity index (χ2v) is 6.31. The highest BCUT2D eigenvalue weighted by molar-refractivity contribution is 5.93. The first-order valence-electron chi connectivity index (χ1n) is 9.16. The third-order valence-corrected chi connectivity index (χ3v) is 4.26. The lowest BCUT2D eigenvalue weighted by Gasteiger charge is -2.28. The quantitative estimate of drug-likeness (QED) is 0.383. The maximum Gasteiger partial charge on any atom is 0.338 e. The van der Waals surface area contributed by atoms with E-state index in [0.717, 1.165) is 32.4 Å². The van der Waals surface area contributed by atoms with Crippen molar-refractivity contribution in [3.05, 3.63) is 33.9 Å². The molecule has 0 radical (unpaired) electrons. The normalized spacial score (nSPS) is 13.5. The van der Waals surface area contributed by atoms with E-state index in [1.54, 1.807) is 6.92 Å². The van der Waals surface area contributed by atoms with Gasteiger partial charge in [0.2, 0.25) is 5.91 Å². The summed E-state index contributed by atoms with van der Waals surface area (Å²) in [5.74, 6) is -1.84. The molecule has 0 bridgehead atoms. The number of carbonyl (C=O) groups is 3. The van der Waals surface area contributed by atoms with Gasteiger partial charge in [-0.15, -0.1) is 0 Å². The summed E-state index contributed by atoms with van der Waals surface area (Å²) in [6, 6.07) is 4.15. The second-order valence-electron chi connectivity index (χ2n) is 6.31. The summed E-state index contributed by atoms with van der Waals surface area (Å²) in [6.07, 6.45) is 3.02. The predicted octanol–water partition coefficient (Wildman–Crippen LogP) is 0.994. The maximum atomic E-state index is 12.1. The van der Waals surface area contributed by atoms with Crippen molar-refractivity contribution < 1.29 is 24.0 Å². The first-order valence-corrected chi connectivity index (χ1v) is 9.16. The number of benzene rings is 1. The molecule has 28 heavy (non-hydrogen) atoms. The molecule has 0 spiro atoms. The van der Waals surface area contributed by atoms with Crippen molar-refractivity contribution >= 4 is 29.2 Å². The summed E-state index contributed by atoms with van der Waals surface area (Å²) in [4.78, 5) is 47.9. The number of esters is 1. The average Bonchev–Trinajstić information content (AvgIpc) is 2.70. The van der Waals surface area contributed by atoms with E-state index < -0.39 is 23.4 Å². The molecule has 152 valence electrons. The Hall–Kier alpha value is -3.17. The summed E-state index contributed by atoms with van der Waals surface area (Å²) in [5, 5.41) is 16.3. The number of nitro groups is 1. The fraction of sp³-hybridized carbons (Fsp3) is 0.500. The Morgan fingerprint density at radius 1 is 1.14 bits per heavy atom. The minimum atomic E-state index is -0.846. The molecule has 1 aliphatic heterocycles. The number of ether oxygens (including phenoxy) is 1. The fourth-order valence-corrected chi connectivity index (χ4v) is 2.90. The van der Waals surface area contributed by atoms with Crippen LogP contribution in [0.4, 0.5) is 11.4 Å². The number of likely N-dealkylation sites (N-methyl/N-ethyl adjacent to an activating group) is 1. The van der Waals surface area contributed by atoms with Gasteiger partial charge in [-0.1, -0.05) is 0 Å². The summed E-state index contributed by atoms with van der Waals surface area (Å²) in [7, 11) is 0. The first kappa shape index (κ1) is 21.1. The molecule has 1 aromatic rings. The molecule has 0 unspecified atom stereocenters. The molecule has 0 aliphatic carbocycles. The molecule has 0 atom stereocenters. The maximum absolute atomic E-state index is 12.1. The van der Waals surface area contributed by atoms with Gasteiger partial charge in [0.05, 0.1) is 17.0 Å². The number of anilines is 1. The number of hydrogen-bond donors (Lipinski definition) is 2. The fourth-order valence-electron chi connectivity index (χ4n) is 2.90. The Morgan fingerprint density at radius 2 is 1.86 bits per heavy atom. The Balaban J connectivity index is 1.97. The van der Waals surface area contributed by atoms with Crippen molar-refractivity contribution in [1.82, 2.24) is 10.6 Å². The topological polar surface area (TPSA) is 131 Å². The molecule has 10 heteroatoms. The predicted molar refractivity (Wildman–Crippen MR) is 101 cm³/mol. The highest BCUT2D eigenvalue weighted by atomic mass is 16.6. The summed E-state index contributed by atoms with van der Waals surface area (Å²) in [6.45, 7) is 2.85. The number of nitrogens with one attached hydrogen (secondary N) is 2. The van der Waals surface area contributed by atoms with Crippen molar-refractivity contribution in [1.29, 1.82) is 0 Å². The van der Waals surface area contributed by atoms with Gasteiger partial charge in [-0.05, 0) is 38.3 Å². The van der Waals surface area contributed by atoms with Gasteiger partial charge in [0.25, 0.3) is 11.6 Å². The number of hydrogen-bond acceptors (Lipinski definition) is 7. The van der Waals surface area contributed by atoms with E-state index in [1.807, 2.05) is 4.90 Å². The van der Waals surface area contributed by atoms with Crippen molar-refractivity contribution in [2.75, 3.05) is 37.7 Å². The van der Waals surface area contributed by atoms with Crippen LogP contribution >= 0.6 is 0 Å². The van der Waals surface area contributed by atoms with Crippen LogP contribution in [0.2, 0.25) is 0 Å². The lowest BCUT2D eigenvalue weighted by atomic mass is 10.1. The van der Waals surface area contributed by atoms with Crippen LogP contribution < -0.4 is 15.5 Å². The van der Waals surface area contributed by atoms with Gasteiger partial charge in [0, 0.05) is 25.7 Å². The number of nitrogens with zero attached hydrogens (tertiary/aromatic N) is 2.